The van der Waals surface area contributed by atoms with Gasteiger partial charge in [0, 0.05) is 6.08 Å². The van der Waals surface area contributed by atoms with E-state index in [0.29, 0.717) is 0 Å². The van der Waals surface area contributed by atoms with Gasteiger partial charge in [0.2, 0.25) is 11.3 Å². The van der Waals surface area contributed by atoms with Crippen LogP contribution in [0.25, 0.3) is 0 Å². The third-order valence-electron chi connectivity index (χ3n) is 1.78. The molecule has 0 atom stereocenters. The Morgan fingerprint density at radius 1 is 0.719 bits per heavy atom. The molecular formula is C15H21ClF12O4. The number of aliphatic hydroxyl groups is 1. The highest BCUT2D eigenvalue weighted by Gasteiger charge is 2.59. The van der Waals surface area contributed by atoms with E-state index >= 15 is 0 Å². The number of carbonyl (C=O) groups excluding carboxylic acids is 2. The van der Waals surface area contributed by atoms with E-state index in [2.05, 4.69) is 17.9 Å². The first-order valence-electron chi connectivity index (χ1n) is 6.11. The Kier molecular flexibility index (Phi) is 22.8. The maximum atomic E-state index is 11.7. The number of hydrogen-bond donors (Lipinski definition) is 1. The summed E-state index contributed by atoms with van der Waals surface area (Å²) in [6, 6.07) is 0. The van der Waals surface area contributed by atoms with E-state index in [-0.39, 0.29) is 28.4 Å². The van der Waals surface area contributed by atoms with Crippen LogP contribution in [-0.2, 0) is 14.3 Å². The van der Waals surface area contributed by atoms with E-state index in [1.54, 1.807) is 0 Å². The van der Waals surface area contributed by atoms with Gasteiger partial charge in [0.25, 0.3) is 6.10 Å². The fourth-order valence-corrected chi connectivity index (χ4v) is 0.669. The highest BCUT2D eigenvalue weighted by molar-refractivity contribution is 6.66. The summed E-state index contributed by atoms with van der Waals surface area (Å²) in [7, 11) is 0. The summed E-state index contributed by atoms with van der Waals surface area (Å²) in [5.41, 5.74) is 0. The molecule has 0 aromatic carbocycles. The Morgan fingerprint density at radius 2 is 0.969 bits per heavy atom. The largest absolute Gasteiger partial charge is 0.440 e. The molecule has 0 saturated carbocycles. The van der Waals surface area contributed by atoms with E-state index < -0.39 is 48.1 Å². The van der Waals surface area contributed by atoms with Crippen molar-refractivity contribution < 1.29 is 72.1 Å². The summed E-state index contributed by atoms with van der Waals surface area (Å²) < 4.78 is 139. The topological polar surface area (TPSA) is 63.6 Å². The van der Waals surface area contributed by atoms with Gasteiger partial charge in [-0.3, -0.25) is 4.79 Å². The minimum absolute atomic E-state index is 0. The van der Waals surface area contributed by atoms with Crippen LogP contribution in [0.15, 0.2) is 25.3 Å². The van der Waals surface area contributed by atoms with Gasteiger partial charge in [0.1, 0.15) is 0 Å². The molecule has 196 valence electrons. The molecule has 0 aliphatic carbocycles. The second kappa shape index (κ2) is 16.6. The van der Waals surface area contributed by atoms with Crippen LogP contribution in [0, 0.1) is 0 Å². The molecule has 0 saturated heterocycles. The number of halogens is 13. The summed E-state index contributed by atoms with van der Waals surface area (Å²) >= 11 is 4.71. The molecular weight excluding hydrogens is 508 g/mol. The lowest BCUT2D eigenvalue weighted by Crippen LogP contribution is -2.45. The zero-order valence-corrected chi connectivity index (χ0v) is 14.1. The third-order valence-corrected chi connectivity index (χ3v) is 1.93. The van der Waals surface area contributed by atoms with Crippen LogP contribution in [0.4, 0.5) is 52.7 Å². The lowest BCUT2D eigenvalue weighted by Gasteiger charge is -2.21. The molecule has 0 heterocycles. The quantitative estimate of drug-likeness (QED) is 0.196. The Labute approximate surface area is 180 Å². The van der Waals surface area contributed by atoms with Gasteiger partial charge < -0.3 is 9.84 Å². The number of rotatable bonds is 3. The number of esters is 1. The fraction of sp³-hybridized carbons (Fsp3) is 0.600. The molecule has 0 unspecified atom stereocenters. The molecule has 0 bridgehead atoms. The first-order chi connectivity index (χ1) is 12.5. The lowest BCUT2D eigenvalue weighted by molar-refractivity contribution is -0.312. The van der Waals surface area contributed by atoms with Crippen molar-refractivity contribution in [2.75, 3.05) is 0 Å². The number of alkyl halides is 12. The second-order valence-corrected chi connectivity index (χ2v) is 4.47. The Bertz CT molecular complexity index is 523. The maximum Gasteiger partial charge on any atom is 0.434 e. The molecule has 0 radical (unpaired) electrons. The monoisotopic (exact) mass is 528 g/mol. The Morgan fingerprint density at radius 3 is 1.06 bits per heavy atom. The zero-order valence-electron chi connectivity index (χ0n) is 13.3. The van der Waals surface area contributed by atoms with E-state index in [1.807, 2.05) is 0 Å². The summed E-state index contributed by atoms with van der Waals surface area (Å²) in [6.45, 7) is 5.75. The van der Waals surface area contributed by atoms with Gasteiger partial charge in [-0.2, -0.15) is 52.7 Å². The van der Waals surface area contributed by atoms with Crippen LogP contribution in [0.2, 0.25) is 0 Å². The molecule has 4 nitrogen and oxygen atoms in total. The molecule has 0 fully saturated rings. The Balaban J connectivity index is -0.0000000832. The predicted molar refractivity (Wildman–Crippen MR) is 91.6 cm³/mol. The number of ether oxygens (including phenoxy) is 1. The van der Waals surface area contributed by atoms with E-state index in [1.165, 1.54) is 0 Å². The van der Waals surface area contributed by atoms with Gasteiger partial charge in [-0.05, 0) is 17.7 Å². The first kappa shape index (κ1) is 43.8. The molecule has 0 aromatic rings. The normalized spacial score (nSPS) is 11.1. The van der Waals surface area contributed by atoms with Gasteiger partial charge in [0.05, 0.1) is 0 Å². The van der Waals surface area contributed by atoms with E-state index in [0.717, 1.165) is 6.08 Å². The zero-order chi connectivity index (χ0) is 24.4. The highest BCUT2D eigenvalue weighted by Crippen LogP contribution is 2.35. The van der Waals surface area contributed by atoms with Crippen molar-refractivity contribution >= 4 is 22.8 Å². The van der Waals surface area contributed by atoms with Crippen molar-refractivity contribution in [1.29, 1.82) is 0 Å². The van der Waals surface area contributed by atoms with Crippen LogP contribution in [0.3, 0.4) is 0 Å². The maximum absolute atomic E-state index is 11.7. The predicted octanol–water partition coefficient (Wildman–Crippen LogP) is 6.53. The molecule has 0 aromatic heterocycles. The van der Waals surface area contributed by atoms with Crippen molar-refractivity contribution in [3.63, 3.8) is 0 Å². The summed E-state index contributed by atoms with van der Waals surface area (Å²) in [5, 5.41) is 6.96. The fourth-order valence-electron chi connectivity index (χ4n) is 0.669. The summed E-state index contributed by atoms with van der Waals surface area (Å²) in [4.78, 5) is 19.6. The third kappa shape index (κ3) is 22.7. The smallest absolute Gasteiger partial charge is 0.434 e. The van der Waals surface area contributed by atoms with Crippen LogP contribution in [-0.4, -0.2) is 53.2 Å². The number of carbonyl (C=O) groups is 2. The van der Waals surface area contributed by atoms with Crippen molar-refractivity contribution in [2.45, 2.75) is 59.2 Å². The SMILES string of the molecule is C.C.C.C=CC(=O)Cl.C=CC(=O)OC(C(F)(F)F)C(F)(F)F.OC(C(F)(F)F)C(F)(F)F. The minimum atomic E-state index is -5.68. The van der Waals surface area contributed by atoms with Crippen molar-refractivity contribution in [2.24, 2.45) is 0 Å². The summed E-state index contributed by atoms with van der Waals surface area (Å²) in [5.74, 6) is -1.79. The van der Waals surface area contributed by atoms with Crippen molar-refractivity contribution in [3.05, 3.63) is 25.3 Å². The number of hydrogen-bond acceptors (Lipinski definition) is 4. The van der Waals surface area contributed by atoms with E-state index in [4.69, 9.17) is 16.7 Å². The average Bonchev–Trinajstić information content (AvgIpc) is 2.48. The average molecular weight is 529 g/mol. The second-order valence-electron chi connectivity index (χ2n) is 4.10. The van der Waals surface area contributed by atoms with E-state index in [9.17, 15) is 62.3 Å². The minimum Gasteiger partial charge on any atom is -0.440 e. The molecule has 17 heteroatoms. The first-order valence-corrected chi connectivity index (χ1v) is 6.49. The van der Waals surface area contributed by atoms with Crippen molar-refractivity contribution in [3.8, 4) is 0 Å². The molecule has 0 aliphatic rings. The Hall–Kier alpha value is -1.97. The molecule has 0 rings (SSSR count). The van der Waals surface area contributed by atoms with Gasteiger partial charge in [-0.25, -0.2) is 4.79 Å². The highest BCUT2D eigenvalue weighted by atomic mass is 35.5. The van der Waals surface area contributed by atoms with Crippen LogP contribution in [0.5, 0.6) is 0 Å². The van der Waals surface area contributed by atoms with Gasteiger partial charge >= 0.3 is 30.7 Å². The van der Waals surface area contributed by atoms with Crippen LogP contribution >= 0.6 is 11.6 Å². The molecule has 32 heavy (non-hydrogen) atoms. The molecule has 0 spiro atoms. The van der Waals surface area contributed by atoms with Gasteiger partial charge in [-0.1, -0.05) is 35.4 Å². The summed E-state index contributed by atoms with van der Waals surface area (Å²) in [6.07, 6.45) is -29.7. The molecule has 1 N–H and O–H groups in total. The lowest BCUT2D eigenvalue weighted by atomic mass is 10.3. The van der Waals surface area contributed by atoms with Crippen LogP contribution < -0.4 is 0 Å². The molecule has 0 amide bonds. The van der Waals surface area contributed by atoms with Gasteiger partial charge in [0.15, 0.2) is 0 Å². The standard InChI is InChI=1S/C6H4F6O2.C3H3ClO.C3H2F6O.3CH4/c1-2-3(13)14-4(5(7,8)9)6(10,11)12;1-2-3(4)5;4-2(5,6)1(10)3(7,8)9;;;/h2,4H,1H2;2H,1H2;1,10H;3*1H4. The number of aliphatic hydroxyl groups excluding tert-OH is 1. The molecule has 0 aliphatic heterocycles. The number of allylic oxidation sites excluding steroid dienone is 1. The van der Waals surface area contributed by atoms with Gasteiger partial charge in [-0.15, -0.1) is 0 Å². The van der Waals surface area contributed by atoms with Crippen molar-refractivity contribution in [1.82, 2.24) is 0 Å². The van der Waals surface area contributed by atoms with Crippen LogP contribution in [0.1, 0.15) is 22.3 Å².